The Morgan fingerprint density at radius 2 is 2.19 bits per heavy atom. The molecule has 1 atom stereocenters. The van der Waals surface area contributed by atoms with Crippen LogP contribution in [0.1, 0.15) is 18.4 Å². The molecule has 6 heteroatoms. The first-order valence-electron chi connectivity index (χ1n) is 6.62. The molecule has 1 heterocycles. The number of carboxylic acids is 1. The molecule has 0 saturated carbocycles. The Hall–Kier alpha value is -1.88. The molecular formula is C15H15ClFNO3. The van der Waals surface area contributed by atoms with Gasteiger partial charge in [0.1, 0.15) is 5.82 Å². The molecule has 1 aromatic rings. The van der Waals surface area contributed by atoms with E-state index in [2.05, 4.69) is 0 Å². The third-order valence-electron chi connectivity index (χ3n) is 3.44. The summed E-state index contributed by atoms with van der Waals surface area (Å²) >= 11 is 5.66. The fourth-order valence-corrected chi connectivity index (χ4v) is 2.46. The Kier molecular flexibility index (Phi) is 4.96. The van der Waals surface area contributed by atoms with Gasteiger partial charge in [-0.1, -0.05) is 17.7 Å². The minimum absolute atomic E-state index is 0.00601. The number of nitrogens with zero attached hydrogens (tertiary/aromatic N) is 1. The maximum Gasteiger partial charge on any atom is 0.308 e. The minimum Gasteiger partial charge on any atom is -0.481 e. The Labute approximate surface area is 126 Å². The summed E-state index contributed by atoms with van der Waals surface area (Å²) < 4.78 is 13.0. The number of halogens is 2. The third-order valence-corrected chi connectivity index (χ3v) is 3.73. The molecule has 4 nitrogen and oxygen atoms in total. The molecule has 1 fully saturated rings. The van der Waals surface area contributed by atoms with Gasteiger partial charge in [0.2, 0.25) is 5.91 Å². The highest BCUT2D eigenvalue weighted by molar-refractivity contribution is 6.30. The van der Waals surface area contributed by atoms with Crippen molar-refractivity contribution >= 4 is 29.6 Å². The molecule has 0 radical (unpaired) electrons. The summed E-state index contributed by atoms with van der Waals surface area (Å²) in [5.74, 6) is -2.14. The molecule has 21 heavy (non-hydrogen) atoms. The van der Waals surface area contributed by atoms with Crippen LogP contribution in [-0.2, 0) is 9.59 Å². The zero-order chi connectivity index (χ0) is 15.4. The van der Waals surface area contributed by atoms with Gasteiger partial charge in [-0.2, -0.15) is 0 Å². The molecular weight excluding hydrogens is 297 g/mol. The van der Waals surface area contributed by atoms with Gasteiger partial charge < -0.3 is 10.0 Å². The van der Waals surface area contributed by atoms with E-state index in [0.717, 1.165) is 0 Å². The lowest BCUT2D eigenvalue weighted by atomic mass is 9.98. The Bertz CT molecular complexity index is 588. The lowest BCUT2D eigenvalue weighted by Gasteiger charge is -2.29. The normalized spacial score (nSPS) is 19.0. The quantitative estimate of drug-likeness (QED) is 0.873. The number of amides is 1. The lowest BCUT2D eigenvalue weighted by molar-refractivity contribution is -0.144. The largest absolute Gasteiger partial charge is 0.481 e. The minimum atomic E-state index is -0.873. The number of aliphatic carboxylic acids is 1. The van der Waals surface area contributed by atoms with E-state index in [4.69, 9.17) is 16.7 Å². The van der Waals surface area contributed by atoms with E-state index < -0.39 is 17.7 Å². The number of piperidine rings is 1. The van der Waals surface area contributed by atoms with E-state index in [1.807, 2.05) is 0 Å². The molecule has 0 spiro atoms. The number of carbonyl (C=O) groups excluding carboxylic acids is 1. The van der Waals surface area contributed by atoms with Crippen LogP contribution < -0.4 is 0 Å². The van der Waals surface area contributed by atoms with Crippen molar-refractivity contribution in [1.82, 2.24) is 4.90 Å². The summed E-state index contributed by atoms with van der Waals surface area (Å²) in [5.41, 5.74) is 0.613. The Morgan fingerprint density at radius 1 is 1.43 bits per heavy atom. The SMILES string of the molecule is O=C(O)[C@@H]1CCCN(C(=O)/C=C/c2ccc(F)c(Cl)c2)C1. The molecule has 1 amide bonds. The Morgan fingerprint density at radius 3 is 2.86 bits per heavy atom. The number of hydrogen-bond donors (Lipinski definition) is 1. The van der Waals surface area contributed by atoms with Gasteiger partial charge in [0.05, 0.1) is 10.9 Å². The van der Waals surface area contributed by atoms with Crippen molar-refractivity contribution in [1.29, 1.82) is 0 Å². The van der Waals surface area contributed by atoms with Crippen LogP contribution in [0.4, 0.5) is 4.39 Å². The van der Waals surface area contributed by atoms with Crippen LogP contribution >= 0.6 is 11.6 Å². The fourth-order valence-electron chi connectivity index (χ4n) is 2.27. The summed E-state index contributed by atoms with van der Waals surface area (Å²) in [6.07, 6.45) is 4.17. The van der Waals surface area contributed by atoms with Crippen molar-refractivity contribution in [3.05, 3.63) is 40.7 Å². The van der Waals surface area contributed by atoms with Gasteiger partial charge in [0.25, 0.3) is 0 Å². The van der Waals surface area contributed by atoms with Crippen molar-refractivity contribution in [2.45, 2.75) is 12.8 Å². The van der Waals surface area contributed by atoms with Crippen molar-refractivity contribution in [2.24, 2.45) is 5.92 Å². The first-order chi connectivity index (χ1) is 9.97. The van der Waals surface area contributed by atoms with Crippen molar-refractivity contribution in [2.75, 3.05) is 13.1 Å². The van der Waals surface area contributed by atoms with E-state index in [9.17, 15) is 14.0 Å². The molecule has 0 aliphatic carbocycles. The molecule has 112 valence electrons. The second kappa shape index (κ2) is 6.72. The second-order valence-corrected chi connectivity index (χ2v) is 5.38. The predicted octanol–water partition coefficient (Wildman–Crippen LogP) is 2.82. The van der Waals surface area contributed by atoms with E-state index in [0.29, 0.717) is 24.9 Å². The van der Waals surface area contributed by atoms with Crippen molar-refractivity contribution < 1.29 is 19.1 Å². The number of benzene rings is 1. The van der Waals surface area contributed by atoms with E-state index in [1.54, 1.807) is 0 Å². The molecule has 2 rings (SSSR count). The summed E-state index contributed by atoms with van der Waals surface area (Å²) in [6, 6.07) is 4.17. The number of carbonyl (C=O) groups is 2. The highest BCUT2D eigenvalue weighted by Gasteiger charge is 2.27. The van der Waals surface area contributed by atoms with Gasteiger partial charge in [-0.25, -0.2) is 4.39 Å². The van der Waals surface area contributed by atoms with Crippen LogP contribution in [0.2, 0.25) is 5.02 Å². The van der Waals surface area contributed by atoms with E-state index in [1.165, 1.54) is 35.3 Å². The monoisotopic (exact) mass is 311 g/mol. The molecule has 1 N–H and O–H groups in total. The highest BCUT2D eigenvalue weighted by atomic mass is 35.5. The summed E-state index contributed by atoms with van der Waals surface area (Å²) in [5, 5.41) is 8.99. The van der Waals surface area contributed by atoms with Crippen LogP contribution in [-0.4, -0.2) is 35.0 Å². The molecule has 1 aromatic carbocycles. The number of likely N-dealkylation sites (tertiary alicyclic amines) is 1. The van der Waals surface area contributed by atoms with Crippen molar-refractivity contribution in [3.63, 3.8) is 0 Å². The maximum atomic E-state index is 13.0. The fraction of sp³-hybridized carbons (Fsp3) is 0.333. The highest BCUT2D eigenvalue weighted by Crippen LogP contribution is 2.19. The molecule has 1 aliphatic heterocycles. The molecule has 0 unspecified atom stereocenters. The van der Waals surface area contributed by atoms with Crippen molar-refractivity contribution in [3.8, 4) is 0 Å². The summed E-state index contributed by atoms with van der Waals surface area (Å²) in [4.78, 5) is 24.5. The Balaban J connectivity index is 2.01. The van der Waals surface area contributed by atoms with Gasteiger partial charge in [0.15, 0.2) is 0 Å². The third kappa shape index (κ3) is 4.04. The van der Waals surface area contributed by atoms with Gasteiger partial charge in [-0.05, 0) is 36.6 Å². The topological polar surface area (TPSA) is 57.6 Å². The molecule has 1 saturated heterocycles. The van der Waals surface area contributed by atoms with Gasteiger partial charge in [-0.15, -0.1) is 0 Å². The average Bonchev–Trinajstić information content (AvgIpc) is 2.48. The summed E-state index contributed by atoms with van der Waals surface area (Å²) in [7, 11) is 0. The van der Waals surface area contributed by atoms with Crippen LogP contribution in [0.15, 0.2) is 24.3 Å². The van der Waals surface area contributed by atoms with Crippen LogP contribution in [0, 0.1) is 11.7 Å². The van der Waals surface area contributed by atoms with E-state index in [-0.39, 0.29) is 17.5 Å². The molecule has 1 aliphatic rings. The van der Waals surface area contributed by atoms with Gasteiger partial charge >= 0.3 is 5.97 Å². The zero-order valence-corrected chi connectivity index (χ0v) is 12.0. The lowest BCUT2D eigenvalue weighted by Crippen LogP contribution is -2.41. The standard InChI is InChI=1S/C15H15ClFNO3/c16-12-8-10(3-5-13(12)17)4-6-14(19)18-7-1-2-11(9-18)15(20)21/h3-6,8,11H,1-2,7,9H2,(H,20,21)/b6-4+/t11-/m1/s1. The average molecular weight is 312 g/mol. The summed E-state index contributed by atoms with van der Waals surface area (Å²) in [6.45, 7) is 0.778. The first-order valence-corrected chi connectivity index (χ1v) is 7.00. The zero-order valence-electron chi connectivity index (χ0n) is 11.3. The van der Waals surface area contributed by atoms with Gasteiger partial charge in [0, 0.05) is 19.2 Å². The maximum absolute atomic E-state index is 13.0. The number of hydrogen-bond acceptors (Lipinski definition) is 2. The van der Waals surface area contributed by atoms with Gasteiger partial charge in [-0.3, -0.25) is 9.59 Å². The van der Waals surface area contributed by atoms with Crippen LogP contribution in [0.3, 0.4) is 0 Å². The first kappa shape index (κ1) is 15.5. The smallest absolute Gasteiger partial charge is 0.308 e. The molecule has 0 aromatic heterocycles. The second-order valence-electron chi connectivity index (χ2n) is 4.97. The molecule has 0 bridgehead atoms. The predicted molar refractivity (Wildman–Crippen MR) is 77.4 cm³/mol. The van der Waals surface area contributed by atoms with Crippen LogP contribution in [0.25, 0.3) is 6.08 Å². The van der Waals surface area contributed by atoms with E-state index >= 15 is 0 Å². The number of rotatable bonds is 3. The number of carboxylic acid groups (broad SMARTS) is 1. The van der Waals surface area contributed by atoms with Crippen LogP contribution in [0.5, 0.6) is 0 Å².